The molecule has 4 atom stereocenters. The van der Waals surface area contributed by atoms with Crippen molar-refractivity contribution in [2.75, 3.05) is 0 Å². The van der Waals surface area contributed by atoms with Crippen molar-refractivity contribution < 1.29 is 0 Å². The Labute approximate surface area is 103 Å². The molecule has 2 bridgehead atoms. The zero-order valence-corrected chi connectivity index (χ0v) is 10.9. The van der Waals surface area contributed by atoms with Crippen molar-refractivity contribution in [2.45, 2.75) is 45.1 Å². The molecule has 94 valence electrons. The predicted octanol–water partition coefficient (Wildman–Crippen LogP) is 2.03. The van der Waals surface area contributed by atoms with Gasteiger partial charge in [0.05, 0.1) is 5.69 Å². The van der Waals surface area contributed by atoms with Gasteiger partial charge in [0.2, 0.25) is 0 Å². The van der Waals surface area contributed by atoms with Gasteiger partial charge in [0.1, 0.15) is 0 Å². The Balaban J connectivity index is 1.67. The lowest BCUT2D eigenvalue weighted by atomic mass is 9.82. The number of fused-ring (bicyclic) bond motifs is 2. The van der Waals surface area contributed by atoms with Crippen LogP contribution in [0.5, 0.6) is 0 Å². The number of nitrogens with two attached hydrogens (primary N) is 1. The SMILES string of the molecule is Cc1cc(CC(N)C2CC3CCC2C3)n(C)n1. The summed E-state index contributed by atoms with van der Waals surface area (Å²) in [7, 11) is 2.02. The van der Waals surface area contributed by atoms with Crippen LogP contribution in [-0.4, -0.2) is 15.8 Å². The molecule has 0 spiro atoms. The van der Waals surface area contributed by atoms with E-state index in [-0.39, 0.29) is 0 Å². The number of hydrogen-bond donors (Lipinski definition) is 1. The smallest absolute Gasteiger partial charge is 0.0596 e. The van der Waals surface area contributed by atoms with Gasteiger partial charge in [-0.3, -0.25) is 4.68 Å². The van der Waals surface area contributed by atoms with E-state index in [1.165, 1.54) is 31.4 Å². The molecule has 2 saturated carbocycles. The molecule has 2 N–H and O–H groups in total. The summed E-state index contributed by atoms with van der Waals surface area (Å²) in [4.78, 5) is 0. The van der Waals surface area contributed by atoms with Crippen molar-refractivity contribution in [3.63, 3.8) is 0 Å². The highest BCUT2D eigenvalue weighted by Crippen LogP contribution is 2.49. The first kappa shape index (κ1) is 11.3. The molecule has 2 aliphatic rings. The van der Waals surface area contributed by atoms with Gasteiger partial charge in [0.25, 0.3) is 0 Å². The van der Waals surface area contributed by atoms with Gasteiger partial charge in [-0.15, -0.1) is 0 Å². The second-order valence-corrected chi connectivity index (χ2v) is 6.11. The van der Waals surface area contributed by atoms with E-state index < -0.39 is 0 Å². The summed E-state index contributed by atoms with van der Waals surface area (Å²) < 4.78 is 1.99. The second kappa shape index (κ2) is 4.13. The lowest BCUT2D eigenvalue weighted by Crippen LogP contribution is -2.36. The van der Waals surface area contributed by atoms with E-state index in [4.69, 9.17) is 5.73 Å². The van der Waals surface area contributed by atoms with E-state index in [0.29, 0.717) is 6.04 Å². The largest absolute Gasteiger partial charge is 0.327 e. The van der Waals surface area contributed by atoms with Gasteiger partial charge in [-0.2, -0.15) is 5.10 Å². The van der Waals surface area contributed by atoms with Crippen LogP contribution in [0.4, 0.5) is 0 Å². The van der Waals surface area contributed by atoms with Crippen LogP contribution in [0.25, 0.3) is 0 Å². The summed E-state index contributed by atoms with van der Waals surface area (Å²) in [6.45, 7) is 2.05. The Hall–Kier alpha value is -0.830. The van der Waals surface area contributed by atoms with Crippen molar-refractivity contribution in [1.29, 1.82) is 0 Å². The van der Waals surface area contributed by atoms with E-state index >= 15 is 0 Å². The lowest BCUT2D eigenvalue weighted by molar-refractivity contribution is 0.278. The molecule has 3 rings (SSSR count). The van der Waals surface area contributed by atoms with E-state index in [2.05, 4.69) is 11.2 Å². The first-order valence-corrected chi connectivity index (χ1v) is 6.88. The average Bonchev–Trinajstić information content (AvgIpc) is 2.94. The monoisotopic (exact) mass is 233 g/mol. The second-order valence-electron chi connectivity index (χ2n) is 6.11. The van der Waals surface area contributed by atoms with Gasteiger partial charge in [-0.1, -0.05) is 6.42 Å². The first-order valence-electron chi connectivity index (χ1n) is 6.88. The number of nitrogens with zero attached hydrogens (tertiary/aromatic N) is 2. The molecule has 0 amide bonds. The van der Waals surface area contributed by atoms with Crippen molar-refractivity contribution in [3.05, 3.63) is 17.5 Å². The molecule has 0 saturated heterocycles. The maximum Gasteiger partial charge on any atom is 0.0596 e. The highest BCUT2D eigenvalue weighted by atomic mass is 15.3. The van der Waals surface area contributed by atoms with Gasteiger partial charge in [-0.25, -0.2) is 0 Å². The topological polar surface area (TPSA) is 43.8 Å². The summed E-state index contributed by atoms with van der Waals surface area (Å²) in [6.07, 6.45) is 6.70. The third kappa shape index (κ3) is 2.01. The highest BCUT2D eigenvalue weighted by Gasteiger charge is 2.42. The van der Waals surface area contributed by atoms with Crippen LogP contribution in [-0.2, 0) is 13.5 Å². The van der Waals surface area contributed by atoms with Crippen molar-refractivity contribution in [2.24, 2.45) is 30.5 Å². The molecule has 3 heteroatoms. The van der Waals surface area contributed by atoms with Gasteiger partial charge >= 0.3 is 0 Å². The molecule has 1 aromatic rings. The third-order valence-electron chi connectivity index (χ3n) is 4.89. The summed E-state index contributed by atoms with van der Waals surface area (Å²) >= 11 is 0. The standard InChI is InChI=1S/C14H23N3/c1-9-5-12(17(2)16-9)8-14(15)13-7-10-3-4-11(13)6-10/h5,10-11,13-14H,3-4,6-8,15H2,1-2H3. The van der Waals surface area contributed by atoms with Crippen molar-refractivity contribution in [3.8, 4) is 0 Å². The third-order valence-corrected chi connectivity index (χ3v) is 4.89. The van der Waals surface area contributed by atoms with Crippen molar-refractivity contribution in [1.82, 2.24) is 9.78 Å². The number of rotatable bonds is 3. The molecule has 17 heavy (non-hydrogen) atoms. The van der Waals surface area contributed by atoms with Crippen LogP contribution in [0.15, 0.2) is 6.07 Å². The van der Waals surface area contributed by atoms with Crippen LogP contribution in [0.3, 0.4) is 0 Å². The predicted molar refractivity (Wildman–Crippen MR) is 68.6 cm³/mol. The highest BCUT2D eigenvalue weighted by molar-refractivity contribution is 5.11. The molecule has 0 radical (unpaired) electrons. The minimum absolute atomic E-state index is 0.333. The van der Waals surface area contributed by atoms with Gasteiger partial charge < -0.3 is 5.73 Å². The van der Waals surface area contributed by atoms with E-state index in [9.17, 15) is 0 Å². The Kier molecular flexibility index (Phi) is 2.74. The fraction of sp³-hybridized carbons (Fsp3) is 0.786. The van der Waals surface area contributed by atoms with Crippen LogP contribution in [0, 0.1) is 24.7 Å². The average molecular weight is 233 g/mol. The van der Waals surface area contributed by atoms with Gasteiger partial charge in [-0.05, 0) is 50.0 Å². The van der Waals surface area contributed by atoms with Gasteiger partial charge in [0.15, 0.2) is 0 Å². The van der Waals surface area contributed by atoms with Crippen LogP contribution >= 0.6 is 0 Å². The Morgan fingerprint density at radius 3 is 2.82 bits per heavy atom. The number of aryl methyl sites for hydroxylation is 2. The summed E-state index contributed by atoms with van der Waals surface area (Å²) in [6, 6.07) is 2.51. The Bertz CT molecular complexity index is 410. The minimum Gasteiger partial charge on any atom is -0.327 e. The quantitative estimate of drug-likeness (QED) is 0.868. The first-order chi connectivity index (χ1) is 8.13. The fourth-order valence-corrected chi connectivity index (χ4v) is 4.07. The van der Waals surface area contributed by atoms with Crippen LogP contribution in [0.1, 0.15) is 37.1 Å². The molecule has 4 unspecified atom stereocenters. The minimum atomic E-state index is 0.333. The molecule has 3 nitrogen and oxygen atoms in total. The zero-order valence-electron chi connectivity index (χ0n) is 10.9. The van der Waals surface area contributed by atoms with Crippen LogP contribution in [0.2, 0.25) is 0 Å². The Morgan fingerprint density at radius 1 is 1.47 bits per heavy atom. The normalized spacial score (nSPS) is 33.2. The lowest BCUT2D eigenvalue weighted by Gasteiger charge is -2.27. The van der Waals surface area contributed by atoms with Gasteiger partial charge in [0, 0.05) is 25.2 Å². The van der Waals surface area contributed by atoms with Crippen LogP contribution < -0.4 is 5.73 Å². The molecular formula is C14H23N3. The summed E-state index contributed by atoms with van der Waals surface area (Å²) in [5, 5.41) is 4.40. The van der Waals surface area contributed by atoms with E-state index in [1.54, 1.807) is 0 Å². The molecule has 1 aromatic heterocycles. The molecular weight excluding hydrogens is 210 g/mol. The zero-order chi connectivity index (χ0) is 12.0. The fourth-order valence-electron chi connectivity index (χ4n) is 4.07. The van der Waals surface area contributed by atoms with Crippen molar-refractivity contribution >= 4 is 0 Å². The molecule has 0 aromatic carbocycles. The number of aromatic nitrogens is 2. The summed E-state index contributed by atoms with van der Waals surface area (Å²) in [5.74, 6) is 2.68. The maximum absolute atomic E-state index is 6.43. The summed E-state index contributed by atoms with van der Waals surface area (Å²) in [5.41, 5.74) is 8.82. The van der Waals surface area contributed by atoms with E-state index in [0.717, 1.165) is 29.9 Å². The Morgan fingerprint density at radius 2 is 2.29 bits per heavy atom. The molecule has 2 fully saturated rings. The molecule has 1 heterocycles. The maximum atomic E-state index is 6.43. The molecule has 2 aliphatic carbocycles. The molecule has 0 aliphatic heterocycles. The van der Waals surface area contributed by atoms with E-state index in [1.807, 2.05) is 18.7 Å². The number of hydrogen-bond acceptors (Lipinski definition) is 2.